The number of rotatable bonds is 3. The molecule has 1 atom stereocenters. The molecule has 4 rings (SSSR count). The number of fused-ring (bicyclic) bond motifs is 3. The van der Waals surface area contributed by atoms with E-state index in [1.54, 1.807) is 7.11 Å². The molecule has 1 aromatic carbocycles. The van der Waals surface area contributed by atoms with Gasteiger partial charge in [0.25, 0.3) is 5.91 Å². The Kier molecular flexibility index (Phi) is 5.30. The van der Waals surface area contributed by atoms with Crippen molar-refractivity contribution in [2.75, 3.05) is 7.11 Å². The molecule has 0 radical (unpaired) electrons. The standard InChI is InChI=1S/C25H36N2O2S/c1-16(2)27-21(28)25(26-22(27)30)20-13-17(14-23(3,4)5)7-8-18(20)15-24(25)11-9-19(29-6)10-12-24/h7-8,13,16,19H,9-12,14-15H2,1-6H3,(H,26,30)/t19-,24-,25?. The summed E-state index contributed by atoms with van der Waals surface area (Å²) >= 11 is 5.72. The van der Waals surface area contributed by atoms with Crippen LogP contribution in [-0.4, -0.2) is 35.2 Å². The first-order chi connectivity index (χ1) is 14.0. The van der Waals surface area contributed by atoms with Crippen molar-refractivity contribution in [2.24, 2.45) is 10.8 Å². The van der Waals surface area contributed by atoms with Gasteiger partial charge < -0.3 is 10.1 Å². The summed E-state index contributed by atoms with van der Waals surface area (Å²) in [5, 5.41) is 4.20. The lowest BCUT2D eigenvalue weighted by atomic mass is 9.61. The Labute approximate surface area is 186 Å². The molecule has 164 valence electrons. The fraction of sp³-hybridized carbons (Fsp3) is 0.680. The van der Waals surface area contributed by atoms with Gasteiger partial charge >= 0.3 is 0 Å². The molecule has 1 saturated heterocycles. The van der Waals surface area contributed by atoms with Crippen LogP contribution in [0, 0.1) is 10.8 Å². The van der Waals surface area contributed by atoms with Gasteiger partial charge in [-0.1, -0.05) is 39.0 Å². The van der Waals surface area contributed by atoms with Crippen LogP contribution < -0.4 is 5.32 Å². The summed E-state index contributed by atoms with van der Waals surface area (Å²) in [4.78, 5) is 15.9. The molecular weight excluding hydrogens is 392 g/mol. The van der Waals surface area contributed by atoms with E-state index < -0.39 is 5.54 Å². The van der Waals surface area contributed by atoms with Crippen molar-refractivity contribution in [1.29, 1.82) is 0 Å². The third-order valence-corrected chi connectivity index (χ3v) is 7.73. The van der Waals surface area contributed by atoms with Gasteiger partial charge in [-0.25, -0.2) is 0 Å². The van der Waals surface area contributed by atoms with Gasteiger partial charge in [-0.15, -0.1) is 0 Å². The minimum atomic E-state index is -0.740. The molecule has 3 aliphatic rings. The number of hydrogen-bond donors (Lipinski definition) is 1. The van der Waals surface area contributed by atoms with Gasteiger partial charge in [0.2, 0.25) is 0 Å². The van der Waals surface area contributed by atoms with Crippen LogP contribution in [0.15, 0.2) is 18.2 Å². The van der Waals surface area contributed by atoms with Gasteiger partial charge in [-0.3, -0.25) is 9.69 Å². The second kappa shape index (κ2) is 7.30. The van der Waals surface area contributed by atoms with Gasteiger partial charge in [0.15, 0.2) is 10.7 Å². The second-order valence-corrected chi connectivity index (χ2v) is 11.5. The fourth-order valence-electron chi connectivity index (χ4n) is 6.12. The Morgan fingerprint density at radius 3 is 2.47 bits per heavy atom. The van der Waals surface area contributed by atoms with Crippen molar-refractivity contribution < 1.29 is 9.53 Å². The molecule has 1 heterocycles. The minimum absolute atomic E-state index is 0.0473. The zero-order valence-electron chi connectivity index (χ0n) is 19.3. The molecule has 1 aromatic rings. The highest BCUT2D eigenvalue weighted by molar-refractivity contribution is 7.80. The summed E-state index contributed by atoms with van der Waals surface area (Å²) in [6, 6.07) is 6.88. The quantitative estimate of drug-likeness (QED) is 0.707. The number of ether oxygens (including phenoxy) is 1. The molecule has 5 heteroatoms. The Bertz CT molecular complexity index is 864. The molecule has 1 unspecified atom stereocenters. The van der Waals surface area contributed by atoms with Crippen LogP contribution in [0.4, 0.5) is 0 Å². The summed E-state index contributed by atoms with van der Waals surface area (Å²) in [5.74, 6) is 0.144. The zero-order valence-corrected chi connectivity index (χ0v) is 20.1. The van der Waals surface area contributed by atoms with Gasteiger partial charge in [-0.2, -0.15) is 0 Å². The van der Waals surface area contributed by atoms with Crippen molar-refractivity contribution in [3.63, 3.8) is 0 Å². The van der Waals surface area contributed by atoms with Crippen molar-refractivity contribution in [1.82, 2.24) is 10.2 Å². The molecule has 1 amide bonds. The number of hydrogen-bond acceptors (Lipinski definition) is 3. The number of carbonyl (C=O) groups is 1. The van der Waals surface area contributed by atoms with Crippen molar-refractivity contribution >= 4 is 23.2 Å². The van der Waals surface area contributed by atoms with Crippen LogP contribution in [0.2, 0.25) is 0 Å². The Balaban J connectivity index is 1.84. The molecule has 1 saturated carbocycles. The lowest BCUT2D eigenvalue weighted by molar-refractivity contribution is -0.139. The lowest BCUT2D eigenvalue weighted by Crippen LogP contribution is -2.57. The Hall–Kier alpha value is -1.46. The number of methoxy groups -OCH3 is 1. The maximum absolute atomic E-state index is 14.1. The average Bonchev–Trinajstić information content (AvgIpc) is 3.07. The van der Waals surface area contributed by atoms with E-state index in [9.17, 15) is 4.79 Å². The van der Waals surface area contributed by atoms with Crippen LogP contribution in [0.1, 0.15) is 77.0 Å². The van der Waals surface area contributed by atoms with E-state index in [4.69, 9.17) is 17.0 Å². The summed E-state index contributed by atoms with van der Waals surface area (Å²) in [6.07, 6.45) is 6.14. The van der Waals surface area contributed by atoms with Gasteiger partial charge in [0.1, 0.15) is 0 Å². The molecule has 1 aliphatic heterocycles. The fourth-order valence-corrected chi connectivity index (χ4v) is 6.57. The average molecular weight is 429 g/mol. The topological polar surface area (TPSA) is 41.6 Å². The Morgan fingerprint density at radius 1 is 1.27 bits per heavy atom. The SMILES string of the molecule is CO[C@H]1CC[C@]2(CC1)Cc1ccc(CC(C)(C)C)cc1C21NC(=S)N(C(C)C)C1=O. The molecule has 4 nitrogen and oxygen atoms in total. The van der Waals surface area contributed by atoms with Gasteiger partial charge in [0, 0.05) is 18.6 Å². The van der Waals surface area contributed by atoms with E-state index >= 15 is 0 Å². The molecule has 30 heavy (non-hydrogen) atoms. The molecule has 1 N–H and O–H groups in total. The van der Waals surface area contributed by atoms with Gasteiger partial charge in [-0.05, 0) is 86.7 Å². The summed E-state index contributed by atoms with van der Waals surface area (Å²) in [6.45, 7) is 10.9. The van der Waals surface area contributed by atoms with E-state index in [1.165, 1.54) is 11.1 Å². The molecule has 2 spiro atoms. The van der Waals surface area contributed by atoms with Crippen LogP contribution >= 0.6 is 12.2 Å². The number of carbonyl (C=O) groups excluding carboxylic acids is 1. The number of nitrogens with one attached hydrogen (secondary N) is 1. The maximum atomic E-state index is 14.1. The smallest absolute Gasteiger partial charge is 0.259 e. The van der Waals surface area contributed by atoms with Crippen LogP contribution in [0.25, 0.3) is 0 Å². The first kappa shape index (κ1) is 21.8. The van der Waals surface area contributed by atoms with Crippen molar-refractivity contribution in [3.05, 3.63) is 34.9 Å². The number of thiocarbonyl (C=S) groups is 1. The number of nitrogens with zero attached hydrogens (tertiary/aromatic N) is 1. The predicted octanol–water partition coefficient (Wildman–Crippen LogP) is 4.73. The summed E-state index contributed by atoms with van der Waals surface area (Å²) in [5.41, 5.74) is 3.08. The molecule has 2 aliphatic carbocycles. The monoisotopic (exact) mass is 428 g/mol. The van der Waals surface area contributed by atoms with Crippen molar-refractivity contribution in [2.45, 2.75) is 90.8 Å². The van der Waals surface area contributed by atoms with E-state index in [0.717, 1.165) is 44.1 Å². The minimum Gasteiger partial charge on any atom is -0.381 e. The predicted molar refractivity (Wildman–Crippen MR) is 124 cm³/mol. The highest BCUT2D eigenvalue weighted by Crippen LogP contribution is 2.60. The summed E-state index contributed by atoms with van der Waals surface area (Å²) in [7, 11) is 1.80. The third-order valence-electron chi connectivity index (χ3n) is 7.43. The highest BCUT2D eigenvalue weighted by Gasteiger charge is 2.67. The second-order valence-electron chi connectivity index (χ2n) is 11.1. The highest BCUT2D eigenvalue weighted by atomic mass is 32.1. The lowest BCUT2D eigenvalue weighted by Gasteiger charge is -2.46. The van der Waals surface area contributed by atoms with E-state index in [0.29, 0.717) is 5.11 Å². The van der Waals surface area contributed by atoms with Gasteiger partial charge in [0.05, 0.1) is 6.10 Å². The largest absolute Gasteiger partial charge is 0.381 e. The Morgan fingerprint density at radius 2 is 1.93 bits per heavy atom. The third kappa shape index (κ3) is 3.20. The van der Waals surface area contributed by atoms with E-state index in [-0.39, 0.29) is 28.9 Å². The molecule has 0 aromatic heterocycles. The van der Waals surface area contributed by atoms with Crippen molar-refractivity contribution in [3.8, 4) is 0 Å². The van der Waals surface area contributed by atoms with E-state index in [1.807, 2.05) is 18.7 Å². The van der Waals surface area contributed by atoms with Crippen LogP contribution in [0.5, 0.6) is 0 Å². The number of amides is 1. The molecule has 2 fully saturated rings. The molecule has 0 bridgehead atoms. The maximum Gasteiger partial charge on any atom is 0.259 e. The first-order valence-corrected chi connectivity index (χ1v) is 11.7. The summed E-state index contributed by atoms with van der Waals surface area (Å²) < 4.78 is 5.66. The van der Waals surface area contributed by atoms with Crippen LogP contribution in [0.3, 0.4) is 0 Å². The normalized spacial score (nSPS) is 31.2. The number of benzene rings is 1. The van der Waals surface area contributed by atoms with E-state index in [2.05, 4.69) is 44.3 Å². The molecular formula is C25H36N2O2S. The zero-order chi connectivity index (χ0) is 21.9. The van der Waals surface area contributed by atoms with Crippen LogP contribution in [-0.2, 0) is 27.9 Å². The first-order valence-electron chi connectivity index (χ1n) is 11.3.